The lowest BCUT2D eigenvalue weighted by atomic mass is 10.1. The third-order valence-electron chi connectivity index (χ3n) is 4.51. The van der Waals surface area contributed by atoms with Crippen molar-refractivity contribution in [1.82, 2.24) is 4.98 Å². The first-order valence-electron chi connectivity index (χ1n) is 8.59. The largest absolute Gasteiger partial charge is 0.392 e. The second kappa shape index (κ2) is 7.45. The van der Waals surface area contributed by atoms with Crippen LogP contribution in [0.15, 0.2) is 51.2 Å². The maximum Gasteiger partial charge on any atom is 0.251 e. The maximum atomic E-state index is 12.0. The number of oxime groups is 1. The number of aromatic amines is 1. The number of rotatable bonds is 5. The van der Waals surface area contributed by atoms with Gasteiger partial charge in [0, 0.05) is 17.4 Å². The Labute approximate surface area is 152 Å². The van der Waals surface area contributed by atoms with Gasteiger partial charge in [0.2, 0.25) is 0 Å². The van der Waals surface area contributed by atoms with Gasteiger partial charge in [0.05, 0.1) is 10.6 Å². The number of benzene rings is 1. The molecule has 1 aromatic heterocycles. The van der Waals surface area contributed by atoms with E-state index >= 15 is 0 Å². The number of pyridine rings is 1. The molecular weight excluding hydrogens is 352 g/mol. The van der Waals surface area contributed by atoms with Crippen LogP contribution in [-0.2, 0) is 14.7 Å². The van der Waals surface area contributed by atoms with Crippen molar-refractivity contribution in [2.24, 2.45) is 5.16 Å². The number of sulfone groups is 1. The average molecular weight is 374 g/mol. The van der Waals surface area contributed by atoms with Crippen LogP contribution in [0.4, 0.5) is 0 Å². The maximum absolute atomic E-state index is 12.0. The van der Waals surface area contributed by atoms with E-state index in [4.69, 9.17) is 4.84 Å². The van der Waals surface area contributed by atoms with Crippen molar-refractivity contribution in [3.63, 3.8) is 0 Å². The van der Waals surface area contributed by atoms with Gasteiger partial charge in [0.1, 0.15) is 11.8 Å². The van der Waals surface area contributed by atoms with Gasteiger partial charge in [0.25, 0.3) is 5.56 Å². The van der Waals surface area contributed by atoms with E-state index in [1.165, 1.54) is 12.1 Å². The molecule has 1 aliphatic carbocycles. The number of H-pyrrole nitrogens is 1. The molecule has 0 unspecified atom stereocenters. The molecule has 0 aliphatic heterocycles. The van der Waals surface area contributed by atoms with Crippen LogP contribution in [0, 0.1) is 6.92 Å². The Morgan fingerprint density at radius 2 is 1.77 bits per heavy atom. The summed E-state index contributed by atoms with van der Waals surface area (Å²) < 4.78 is 23.3. The van der Waals surface area contributed by atoms with E-state index in [2.05, 4.69) is 10.1 Å². The standard InChI is InChI=1S/C19H22N2O4S/c1-13-7-12-17(20-19(13)22)18(21-25-15-5-3-4-6-15)14-8-10-16(11-9-14)26(2,23)24/h7-12,15H,3-6H2,1-2H3,(H,20,22)/b21-18+. The topological polar surface area (TPSA) is 88.6 Å². The van der Waals surface area contributed by atoms with E-state index in [0.29, 0.717) is 22.5 Å². The smallest absolute Gasteiger partial charge is 0.251 e. The molecule has 3 rings (SSSR count). The molecule has 26 heavy (non-hydrogen) atoms. The molecule has 2 aromatic rings. The van der Waals surface area contributed by atoms with Crippen LogP contribution in [0.3, 0.4) is 0 Å². The van der Waals surface area contributed by atoms with Crippen molar-refractivity contribution in [3.8, 4) is 0 Å². The average Bonchev–Trinajstić information content (AvgIpc) is 3.11. The Bertz CT molecular complexity index is 969. The summed E-state index contributed by atoms with van der Waals surface area (Å²) in [6.45, 7) is 1.73. The lowest BCUT2D eigenvalue weighted by Crippen LogP contribution is -2.17. The molecule has 0 atom stereocenters. The molecule has 138 valence electrons. The quantitative estimate of drug-likeness (QED) is 0.644. The van der Waals surface area contributed by atoms with Crippen molar-refractivity contribution in [3.05, 3.63) is 63.6 Å². The van der Waals surface area contributed by atoms with Gasteiger partial charge in [-0.3, -0.25) is 4.79 Å². The summed E-state index contributed by atoms with van der Waals surface area (Å²) in [4.78, 5) is 20.7. The molecule has 1 aromatic carbocycles. The van der Waals surface area contributed by atoms with Gasteiger partial charge in [-0.05, 0) is 50.8 Å². The van der Waals surface area contributed by atoms with Crippen molar-refractivity contribution in [2.75, 3.05) is 6.26 Å². The van der Waals surface area contributed by atoms with Crippen molar-refractivity contribution < 1.29 is 13.3 Å². The van der Waals surface area contributed by atoms with Crippen LogP contribution in [0.5, 0.6) is 0 Å². The predicted octanol–water partition coefficient (Wildman–Crippen LogP) is 2.80. The van der Waals surface area contributed by atoms with Crippen LogP contribution in [0.1, 0.15) is 42.5 Å². The zero-order valence-electron chi connectivity index (χ0n) is 14.9. The molecule has 6 nitrogen and oxygen atoms in total. The zero-order valence-corrected chi connectivity index (χ0v) is 15.7. The van der Waals surface area contributed by atoms with Crippen LogP contribution < -0.4 is 5.56 Å². The first kappa shape index (κ1) is 18.4. The molecule has 1 saturated carbocycles. The molecule has 0 amide bonds. The van der Waals surface area contributed by atoms with Gasteiger partial charge in [-0.15, -0.1) is 0 Å². The number of nitrogens with one attached hydrogen (secondary N) is 1. The van der Waals surface area contributed by atoms with Gasteiger partial charge in [-0.2, -0.15) is 0 Å². The minimum atomic E-state index is -3.28. The normalized spacial score (nSPS) is 16.0. The van der Waals surface area contributed by atoms with Crippen LogP contribution in [0.2, 0.25) is 0 Å². The highest BCUT2D eigenvalue weighted by Crippen LogP contribution is 2.22. The molecule has 1 heterocycles. The second-order valence-corrected chi connectivity index (χ2v) is 8.65. The summed E-state index contributed by atoms with van der Waals surface area (Å²) in [6, 6.07) is 9.91. The number of hydrogen-bond acceptors (Lipinski definition) is 5. The summed E-state index contributed by atoms with van der Waals surface area (Å²) in [5.41, 5.74) is 2.11. The fraction of sp³-hybridized carbons (Fsp3) is 0.368. The van der Waals surface area contributed by atoms with Crippen molar-refractivity contribution in [1.29, 1.82) is 0 Å². The van der Waals surface area contributed by atoms with Crippen molar-refractivity contribution in [2.45, 2.75) is 43.6 Å². The number of hydrogen-bond donors (Lipinski definition) is 1. The Morgan fingerprint density at radius 3 is 2.35 bits per heavy atom. The Balaban J connectivity index is 2.00. The molecule has 0 spiro atoms. The fourth-order valence-electron chi connectivity index (χ4n) is 2.92. The first-order valence-corrected chi connectivity index (χ1v) is 10.5. The first-order chi connectivity index (χ1) is 12.3. The third-order valence-corrected chi connectivity index (χ3v) is 5.64. The van der Waals surface area contributed by atoms with E-state index in [-0.39, 0.29) is 16.6 Å². The van der Waals surface area contributed by atoms with Gasteiger partial charge < -0.3 is 9.82 Å². The van der Waals surface area contributed by atoms with Gasteiger partial charge in [-0.1, -0.05) is 23.4 Å². The van der Waals surface area contributed by atoms with Crippen LogP contribution in [0.25, 0.3) is 0 Å². The molecule has 0 bridgehead atoms. The third kappa shape index (κ3) is 4.22. The Hall–Kier alpha value is -2.41. The summed E-state index contributed by atoms with van der Waals surface area (Å²) in [5, 5.41) is 4.31. The summed E-state index contributed by atoms with van der Waals surface area (Å²) in [6.07, 6.45) is 5.43. The zero-order chi connectivity index (χ0) is 18.7. The predicted molar refractivity (Wildman–Crippen MR) is 100 cm³/mol. The SMILES string of the molecule is Cc1ccc(/C(=N/OC2CCCC2)c2ccc(S(C)(=O)=O)cc2)[nH]c1=O. The molecule has 1 fully saturated rings. The Morgan fingerprint density at radius 1 is 1.12 bits per heavy atom. The molecule has 7 heteroatoms. The number of aromatic nitrogens is 1. The summed E-state index contributed by atoms with van der Waals surface area (Å²) in [7, 11) is -3.28. The van der Waals surface area contributed by atoms with Gasteiger partial charge in [0.15, 0.2) is 9.84 Å². The molecular formula is C19H22N2O4S. The van der Waals surface area contributed by atoms with Crippen LogP contribution >= 0.6 is 0 Å². The van der Waals surface area contributed by atoms with Gasteiger partial charge >= 0.3 is 0 Å². The highest BCUT2D eigenvalue weighted by atomic mass is 32.2. The number of nitrogens with zero attached hydrogens (tertiary/aromatic N) is 1. The van der Waals surface area contributed by atoms with E-state index in [1.54, 1.807) is 31.2 Å². The highest BCUT2D eigenvalue weighted by molar-refractivity contribution is 7.90. The molecule has 1 N–H and O–H groups in total. The van der Waals surface area contributed by atoms with E-state index in [0.717, 1.165) is 31.9 Å². The summed E-state index contributed by atoms with van der Waals surface area (Å²) >= 11 is 0. The molecule has 0 saturated heterocycles. The minimum absolute atomic E-state index is 0.0810. The Kier molecular flexibility index (Phi) is 5.27. The minimum Gasteiger partial charge on any atom is -0.392 e. The second-order valence-electron chi connectivity index (χ2n) is 6.63. The molecule has 1 aliphatic rings. The van der Waals surface area contributed by atoms with E-state index < -0.39 is 9.84 Å². The summed E-state index contributed by atoms with van der Waals surface area (Å²) in [5.74, 6) is 0. The lowest BCUT2D eigenvalue weighted by molar-refractivity contribution is 0.0647. The highest BCUT2D eigenvalue weighted by Gasteiger charge is 2.18. The molecule has 0 radical (unpaired) electrons. The van der Waals surface area contributed by atoms with Crippen LogP contribution in [-0.4, -0.2) is 31.5 Å². The van der Waals surface area contributed by atoms with Crippen molar-refractivity contribution >= 4 is 15.5 Å². The monoisotopic (exact) mass is 374 g/mol. The lowest BCUT2D eigenvalue weighted by Gasteiger charge is -2.11. The van der Waals surface area contributed by atoms with Gasteiger partial charge in [-0.25, -0.2) is 8.42 Å². The van der Waals surface area contributed by atoms with E-state index in [9.17, 15) is 13.2 Å². The van der Waals surface area contributed by atoms with E-state index in [1.807, 2.05) is 0 Å². The fourth-order valence-corrected chi connectivity index (χ4v) is 3.55. The number of aryl methyl sites for hydroxylation is 1.